The highest BCUT2D eigenvalue weighted by Crippen LogP contribution is 2.29. The molecule has 4 atom stereocenters. The van der Waals surface area contributed by atoms with Crippen LogP contribution >= 0.6 is 0 Å². The summed E-state index contributed by atoms with van der Waals surface area (Å²) in [6.07, 6.45) is 8.09. The summed E-state index contributed by atoms with van der Waals surface area (Å²) < 4.78 is 8.84. The number of hydrogen-bond donors (Lipinski definition) is 4. The second kappa shape index (κ2) is 9.67. The van der Waals surface area contributed by atoms with Gasteiger partial charge in [-0.15, -0.1) is 0 Å². The molecule has 2 saturated carbocycles. The van der Waals surface area contributed by atoms with Crippen molar-refractivity contribution in [3.8, 4) is 0 Å². The van der Waals surface area contributed by atoms with Gasteiger partial charge in [0.15, 0.2) is 5.65 Å². The predicted octanol–water partition coefficient (Wildman–Crippen LogP) is 2.06. The van der Waals surface area contributed by atoms with Crippen LogP contribution in [0.5, 0.6) is 0 Å². The van der Waals surface area contributed by atoms with Gasteiger partial charge in [-0.05, 0) is 50.7 Å². The molecule has 2 aliphatic carbocycles. The van der Waals surface area contributed by atoms with Crippen LogP contribution in [0.2, 0.25) is 0 Å². The lowest BCUT2D eigenvalue weighted by molar-refractivity contribution is 0.0448. The average molecular weight is 482 g/mol. The normalized spacial score (nSPS) is 24.1. The SMILES string of the molecule is CNc1cc(Nc2cccn([C@@H]3CCC[C@H](OC)C3)c2=O)nc2c(C(=O)N[C@@H]3CC[C@H]3O)cnn12. The predicted molar refractivity (Wildman–Crippen MR) is 131 cm³/mol. The Hall–Kier alpha value is -3.44. The van der Waals surface area contributed by atoms with Crippen LogP contribution in [0.4, 0.5) is 17.3 Å². The number of hydrogen-bond acceptors (Lipinski definition) is 8. The molecular formula is C24H31N7O4. The van der Waals surface area contributed by atoms with Crippen molar-refractivity contribution in [2.45, 2.75) is 62.8 Å². The summed E-state index contributed by atoms with van der Waals surface area (Å²) in [7, 11) is 3.46. The maximum absolute atomic E-state index is 13.3. The molecule has 1 amide bonds. The first kappa shape index (κ1) is 23.3. The first-order valence-electron chi connectivity index (χ1n) is 12.0. The standard InChI is InChI=1S/C24H31N7O4/c1-25-21-12-20(29-22-16(13-26-31(21)22)23(33)28-17-8-9-19(17)32)27-18-7-4-10-30(24(18)34)14-5-3-6-15(11-14)35-2/h4,7,10,12-15,17,19,25,32H,3,5-6,8-9,11H2,1-2H3,(H,27,29)(H,28,33)/t14-,15+,17-,19-/m1/s1. The van der Waals surface area contributed by atoms with Crippen LogP contribution < -0.4 is 21.5 Å². The Morgan fingerprint density at radius 2 is 2.11 bits per heavy atom. The third kappa shape index (κ3) is 4.48. The molecule has 0 aliphatic heterocycles. The molecule has 4 N–H and O–H groups in total. The van der Waals surface area contributed by atoms with Gasteiger partial charge in [-0.2, -0.15) is 9.61 Å². The van der Waals surface area contributed by atoms with E-state index in [2.05, 4.69) is 26.0 Å². The minimum atomic E-state index is -0.526. The van der Waals surface area contributed by atoms with Crippen molar-refractivity contribution in [1.82, 2.24) is 24.5 Å². The number of fused-ring (bicyclic) bond motifs is 1. The molecule has 186 valence electrons. The smallest absolute Gasteiger partial charge is 0.274 e. The molecule has 0 aromatic carbocycles. The Bertz CT molecular complexity index is 1290. The highest BCUT2D eigenvalue weighted by atomic mass is 16.5. The van der Waals surface area contributed by atoms with Gasteiger partial charge in [0.1, 0.15) is 22.9 Å². The van der Waals surface area contributed by atoms with Gasteiger partial charge in [0, 0.05) is 32.5 Å². The molecule has 5 rings (SSSR count). The topological polar surface area (TPSA) is 135 Å². The van der Waals surface area contributed by atoms with Crippen molar-refractivity contribution in [2.24, 2.45) is 0 Å². The third-order valence-electron chi connectivity index (χ3n) is 7.09. The van der Waals surface area contributed by atoms with E-state index >= 15 is 0 Å². The Labute approximate surface area is 202 Å². The summed E-state index contributed by atoms with van der Waals surface area (Å²) in [4.78, 5) is 30.8. The number of nitrogens with one attached hydrogen (secondary N) is 3. The van der Waals surface area contributed by atoms with E-state index in [1.54, 1.807) is 30.9 Å². The second-order valence-corrected chi connectivity index (χ2v) is 9.23. The zero-order valence-corrected chi connectivity index (χ0v) is 19.9. The summed E-state index contributed by atoms with van der Waals surface area (Å²) in [5.74, 6) is 0.669. The molecule has 2 aliphatic rings. The minimum absolute atomic E-state index is 0.0817. The van der Waals surface area contributed by atoms with Gasteiger partial charge in [-0.25, -0.2) is 4.98 Å². The fraction of sp³-hybridized carbons (Fsp3) is 0.500. The highest BCUT2D eigenvalue weighted by Gasteiger charge is 2.31. The summed E-state index contributed by atoms with van der Waals surface area (Å²) in [6.45, 7) is 0. The number of methoxy groups -OCH3 is 1. The zero-order chi connectivity index (χ0) is 24.5. The Balaban J connectivity index is 1.44. The van der Waals surface area contributed by atoms with Crippen molar-refractivity contribution in [1.29, 1.82) is 0 Å². The van der Waals surface area contributed by atoms with Crippen LogP contribution in [0, 0.1) is 0 Å². The van der Waals surface area contributed by atoms with Crippen LogP contribution in [0.3, 0.4) is 0 Å². The second-order valence-electron chi connectivity index (χ2n) is 9.23. The zero-order valence-electron chi connectivity index (χ0n) is 19.9. The Morgan fingerprint density at radius 3 is 2.83 bits per heavy atom. The van der Waals surface area contributed by atoms with Crippen molar-refractivity contribution in [3.63, 3.8) is 0 Å². The van der Waals surface area contributed by atoms with Crippen molar-refractivity contribution in [2.75, 3.05) is 24.8 Å². The van der Waals surface area contributed by atoms with Gasteiger partial charge in [0.25, 0.3) is 11.5 Å². The lowest BCUT2D eigenvalue weighted by atomic mass is 9.89. The van der Waals surface area contributed by atoms with E-state index in [-0.39, 0.29) is 29.7 Å². The molecule has 3 aromatic heterocycles. The Kier molecular flexibility index (Phi) is 6.44. The van der Waals surface area contributed by atoms with E-state index in [4.69, 9.17) is 4.74 Å². The van der Waals surface area contributed by atoms with Crippen LogP contribution in [0.15, 0.2) is 35.4 Å². The summed E-state index contributed by atoms with van der Waals surface area (Å²) in [5, 5.41) is 23.2. The van der Waals surface area contributed by atoms with Gasteiger partial charge >= 0.3 is 0 Å². The molecule has 0 saturated heterocycles. The Morgan fingerprint density at radius 1 is 1.26 bits per heavy atom. The van der Waals surface area contributed by atoms with E-state index < -0.39 is 6.10 Å². The number of amides is 1. The van der Waals surface area contributed by atoms with Crippen LogP contribution in [0.1, 0.15) is 54.9 Å². The summed E-state index contributed by atoms with van der Waals surface area (Å²) >= 11 is 0. The lowest BCUT2D eigenvalue weighted by Crippen LogP contribution is -2.50. The van der Waals surface area contributed by atoms with Gasteiger partial charge in [-0.1, -0.05) is 0 Å². The van der Waals surface area contributed by atoms with E-state index in [9.17, 15) is 14.7 Å². The molecule has 0 bridgehead atoms. The van der Waals surface area contributed by atoms with Crippen LogP contribution in [0.25, 0.3) is 5.65 Å². The number of anilines is 3. The van der Waals surface area contributed by atoms with E-state index in [1.807, 2.05) is 12.3 Å². The molecule has 35 heavy (non-hydrogen) atoms. The fourth-order valence-corrected chi connectivity index (χ4v) is 4.88. The van der Waals surface area contributed by atoms with Gasteiger partial charge < -0.3 is 30.4 Å². The number of rotatable bonds is 7. The number of ether oxygens (including phenoxy) is 1. The molecule has 11 nitrogen and oxygen atoms in total. The quantitative estimate of drug-likeness (QED) is 0.403. The maximum Gasteiger partial charge on any atom is 0.274 e. The van der Waals surface area contributed by atoms with Crippen LogP contribution in [-0.2, 0) is 4.74 Å². The maximum atomic E-state index is 13.3. The first-order valence-corrected chi connectivity index (χ1v) is 12.0. The monoisotopic (exact) mass is 481 g/mol. The average Bonchev–Trinajstić information content (AvgIpc) is 3.31. The molecule has 0 spiro atoms. The number of carbonyl (C=O) groups is 1. The summed E-state index contributed by atoms with van der Waals surface area (Å²) in [5.41, 5.74) is 0.904. The van der Waals surface area contributed by atoms with Crippen molar-refractivity contribution >= 4 is 28.9 Å². The fourth-order valence-electron chi connectivity index (χ4n) is 4.88. The van der Waals surface area contributed by atoms with Crippen molar-refractivity contribution in [3.05, 3.63) is 46.5 Å². The number of aliphatic hydroxyl groups is 1. The molecule has 0 unspecified atom stereocenters. The molecular weight excluding hydrogens is 450 g/mol. The minimum Gasteiger partial charge on any atom is -0.391 e. The summed E-state index contributed by atoms with van der Waals surface area (Å²) in [6, 6.07) is 5.12. The number of carbonyl (C=O) groups excluding carboxylic acids is 1. The number of aromatic nitrogens is 4. The lowest BCUT2D eigenvalue weighted by Gasteiger charge is -2.32. The molecule has 2 fully saturated rings. The first-order chi connectivity index (χ1) is 17.0. The number of nitrogens with zero attached hydrogens (tertiary/aromatic N) is 4. The van der Waals surface area contributed by atoms with Gasteiger partial charge in [-0.3, -0.25) is 9.59 Å². The van der Waals surface area contributed by atoms with Gasteiger partial charge in [0.05, 0.1) is 24.4 Å². The molecule has 3 aromatic rings. The van der Waals surface area contributed by atoms with Gasteiger partial charge in [0.2, 0.25) is 0 Å². The van der Waals surface area contributed by atoms with E-state index in [0.717, 1.165) is 32.1 Å². The van der Waals surface area contributed by atoms with E-state index in [1.165, 1.54) is 10.7 Å². The highest BCUT2D eigenvalue weighted by molar-refractivity contribution is 6.00. The largest absolute Gasteiger partial charge is 0.391 e. The van der Waals surface area contributed by atoms with Crippen LogP contribution in [-0.4, -0.2) is 62.6 Å². The number of pyridine rings is 1. The number of aliphatic hydroxyl groups excluding tert-OH is 1. The molecule has 11 heteroatoms. The van der Waals surface area contributed by atoms with Crippen molar-refractivity contribution < 1.29 is 14.6 Å². The van der Waals surface area contributed by atoms with E-state index in [0.29, 0.717) is 35.0 Å². The molecule has 0 radical (unpaired) electrons. The molecule has 3 heterocycles. The third-order valence-corrected chi connectivity index (χ3v) is 7.09.